The zero-order valence-electron chi connectivity index (χ0n) is 25.8. The number of rotatable bonds is 10. The van der Waals surface area contributed by atoms with E-state index in [0.29, 0.717) is 11.3 Å². The van der Waals surface area contributed by atoms with E-state index in [1.54, 1.807) is 11.8 Å². The summed E-state index contributed by atoms with van der Waals surface area (Å²) in [6, 6.07) is 11.7. The predicted octanol–water partition coefficient (Wildman–Crippen LogP) is 4.29. The Hall–Kier alpha value is -5.99. The predicted molar refractivity (Wildman–Crippen MR) is 171 cm³/mol. The van der Waals surface area contributed by atoms with Crippen molar-refractivity contribution >= 4 is 29.4 Å². The van der Waals surface area contributed by atoms with Crippen molar-refractivity contribution < 1.29 is 37.7 Å². The minimum absolute atomic E-state index is 0.0163. The minimum Gasteiger partial charge on any atom is -0.493 e. The Morgan fingerprint density at radius 3 is 2.33 bits per heavy atom. The number of piperazine rings is 1. The number of carbonyl (C=O) groups is 3. The Labute approximate surface area is 273 Å². The van der Waals surface area contributed by atoms with Crippen LogP contribution in [0, 0.1) is 11.6 Å². The maximum atomic E-state index is 15.3. The second kappa shape index (κ2) is 14.6. The molecular weight excluding hydrogens is 630 g/mol. The number of amides is 3. The van der Waals surface area contributed by atoms with Gasteiger partial charge in [0.2, 0.25) is 5.91 Å². The number of hydrogen-bond acceptors (Lipinski definition) is 8. The van der Waals surface area contributed by atoms with Gasteiger partial charge < -0.3 is 35.4 Å². The highest BCUT2D eigenvalue weighted by atomic mass is 19.1. The first-order valence-corrected chi connectivity index (χ1v) is 15.0. The van der Waals surface area contributed by atoms with Crippen molar-refractivity contribution in [2.45, 2.75) is 19.8 Å². The number of nitrogen functional groups attached to an aromatic ring is 1. The van der Waals surface area contributed by atoms with E-state index < -0.39 is 29.2 Å². The lowest BCUT2D eigenvalue weighted by atomic mass is 10.1. The van der Waals surface area contributed by atoms with Gasteiger partial charge in [-0.15, -0.1) is 0 Å². The van der Waals surface area contributed by atoms with E-state index in [4.69, 9.17) is 20.3 Å². The number of carboxylic acid groups (broad SMARTS) is 1. The number of aromatic nitrogens is 2. The fourth-order valence-electron chi connectivity index (χ4n) is 5.16. The Morgan fingerprint density at radius 2 is 1.67 bits per heavy atom. The molecule has 0 atom stereocenters. The molecule has 0 saturated carbocycles. The Morgan fingerprint density at radius 1 is 0.958 bits per heavy atom. The van der Waals surface area contributed by atoms with Crippen LogP contribution in [-0.2, 0) is 11.2 Å². The molecule has 1 fully saturated rings. The summed E-state index contributed by atoms with van der Waals surface area (Å²) in [5, 5.41) is 11.6. The number of halogens is 2. The molecule has 0 bridgehead atoms. The van der Waals surface area contributed by atoms with Crippen molar-refractivity contribution in [3.05, 3.63) is 100 Å². The zero-order chi connectivity index (χ0) is 34.4. The third-order valence-electron chi connectivity index (χ3n) is 7.63. The number of ether oxygens (including phenoxy) is 2. The Bertz CT molecular complexity index is 1890. The minimum atomic E-state index is -1.03. The molecule has 2 aromatic heterocycles. The van der Waals surface area contributed by atoms with Crippen molar-refractivity contribution in [3.63, 3.8) is 0 Å². The van der Waals surface area contributed by atoms with Crippen LogP contribution in [0.1, 0.15) is 29.3 Å². The van der Waals surface area contributed by atoms with Gasteiger partial charge in [0, 0.05) is 68.0 Å². The van der Waals surface area contributed by atoms with Crippen molar-refractivity contribution in [1.82, 2.24) is 19.4 Å². The molecule has 4 aromatic rings. The Balaban J connectivity index is 1.30. The second-order valence-electron chi connectivity index (χ2n) is 10.7. The van der Waals surface area contributed by atoms with E-state index in [1.807, 2.05) is 0 Å². The Kier molecular flexibility index (Phi) is 10.2. The molecule has 15 heteroatoms. The molecule has 5 rings (SSSR count). The summed E-state index contributed by atoms with van der Waals surface area (Å²) >= 11 is 0. The molecule has 3 heterocycles. The summed E-state index contributed by atoms with van der Waals surface area (Å²) in [5.74, 6) is -2.31. The maximum Gasteiger partial charge on any atom is 0.407 e. The summed E-state index contributed by atoms with van der Waals surface area (Å²) in [7, 11) is 0. The average molecular weight is 663 g/mol. The first-order chi connectivity index (χ1) is 23.0. The summed E-state index contributed by atoms with van der Waals surface area (Å²) in [4.78, 5) is 57.5. The normalized spacial score (nSPS) is 12.8. The number of pyridine rings is 2. The molecule has 13 nitrogen and oxygen atoms in total. The maximum absolute atomic E-state index is 15.3. The first kappa shape index (κ1) is 33.4. The van der Waals surface area contributed by atoms with E-state index in [-0.39, 0.29) is 85.9 Å². The summed E-state index contributed by atoms with van der Waals surface area (Å²) < 4.78 is 41.3. The zero-order valence-corrected chi connectivity index (χ0v) is 25.8. The van der Waals surface area contributed by atoms with E-state index in [2.05, 4.69) is 10.3 Å². The highest BCUT2D eigenvalue weighted by Crippen LogP contribution is 2.32. The molecule has 0 spiro atoms. The number of hydrogen-bond donors (Lipinski definition) is 3. The number of nitrogens with one attached hydrogen (secondary N) is 1. The first-order valence-electron chi connectivity index (χ1n) is 15.0. The molecule has 0 aliphatic carbocycles. The van der Waals surface area contributed by atoms with E-state index in [9.17, 15) is 23.6 Å². The summed E-state index contributed by atoms with van der Waals surface area (Å²) in [5.41, 5.74) is 5.75. The van der Waals surface area contributed by atoms with Crippen LogP contribution in [0.4, 0.5) is 25.1 Å². The van der Waals surface area contributed by atoms with Gasteiger partial charge in [-0.1, -0.05) is 0 Å². The molecule has 1 saturated heterocycles. The van der Waals surface area contributed by atoms with Crippen LogP contribution < -0.4 is 26.1 Å². The molecule has 2 aromatic carbocycles. The topological polar surface area (TPSA) is 169 Å². The van der Waals surface area contributed by atoms with Crippen molar-refractivity contribution in [2.24, 2.45) is 0 Å². The molecule has 1 aliphatic heterocycles. The van der Waals surface area contributed by atoms with Gasteiger partial charge >= 0.3 is 6.09 Å². The fourth-order valence-corrected chi connectivity index (χ4v) is 5.16. The third kappa shape index (κ3) is 7.52. The van der Waals surface area contributed by atoms with Crippen LogP contribution in [0.5, 0.6) is 17.2 Å². The van der Waals surface area contributed by atoms with Crippen LogP contribution in [0.3, 0.4) is 0 Å². The van der Waals surface area contributed by atoms with Gasteiger partial charge in [0.05, 0.1) is 6.61 Å². The third-order valence-corrected chi connectivity index (χ3v) is 7.63. The van der Waals surface area contributed by atoms with Gasteiger partial charge in [0.25, 0.3) is 11.5 Å². The summed E-state index contributed by atoms with van der Waals surface area (Å²) in [6.45, 7) is 2.83. The van der Waals surface area contributed by atoms with Gasteiger partial charge in [-0.2, -0.15) is 0 Å². The molecule has 0 radical (unpaired) electrons. The SMILES string of the molecule is CCOc1ccn(-c2ccc(F)cc2)c(=O)c1C(=O)Nc1ccc(Oc2ccnc(N)c2CCC(=O)N2CCN(C(=O)O)CC2)c(F)c1. The molecule has 4 N–H and O–H groups in total. The number of anilines is 2. The van der Waals surface area contributed by atoms with E-state index in [1.165, 1.54) is 70.4 Å². The average Bonchev–Trinajstić information content (AvgIpc) is 3.06. The number of benzene rings is 2. The van der Waals surface area contributed by atoms with E-state index in [0.717, 1.165) is 6.07 Å². The van der Waals surface area contributed by atoms with Crippen molar-refractivity contribution in [2.75, 3.05) is 43.8 Å². The molecule has 1 aliphatic rings. The lowest BCUT2D eigenvalue weighted by Gasteiger charge is -2.33. The standard InChI is InChI=1S/C33H32F2N6O7/c1-2-47-27-12-14-41(22-6-3-20(34)4-7-22)32(44)29(27)31(43)38-21-5-9-26(24(35)19-21)48-25-11-13-37-30(36)23(25)8-10-28(42)39-15-17-40(18-16-39)33(45)46/h3-7,9,11-14,19H,2,8,10,15-18H2,1H3,(H2,36,37)(H,38,43)(H,45,46). The molecular formula is C33H32F2N6O7. The van der Waals surface area contributed by atoms with Crippen LogP contribution in [0.15, 0.2) is 71.8 Å². The van der Waals surface area contributed by atoms with Crippen LogP contribution in [-0.4, -0.2) is 75.2 Å². The molecule has 3 amide bonds. The second-order valence-corrected chi connectivity index (χ2v) is 10.7. The van der Waals surface area contributed by atoms with Gasteiger partial charge in [-0.25, -0.2) is 18.6 Å². The molecule has 0 unspecified atom stereocenters. The smallest absolute Gasteiger partial charge is 0.407 e. The fraction of sp³-hybridized carbons (Fsp3) is 0.242. The quantitative estimate of drug-likeness (QED) is 0.224. The van der Waals surface area contributed by atoms with Crippen molar-refractivity contribution in [1.29, 1.82) is 0 Å². The lowest BCUT2D eigenvalue weighted by molar-refractivity contribution is -0.132. The van der Waals surface area contributed by atoms with Crippen LogP contribution in [0.2, 0.25) is 0 Å². The van der Waals surface area contributed by atoms with Gasteiger partial charge in [0.1, 0.15) is 28.7 Å². The van der Waals surface area contributed by atoms with Crippen LogP contribution in [0.25, 0.3) is 5.69 Å². The van der Waals surface area contributed by atoms with Crippen LogP contribution >= 0.6 is 0 Å². The largest absolute Gasteiger partial charge is 0.493 e. The van der Waals surface area contributed by atoms with Gasteiger partial charge in [-0.05, 0) is 61.9 Å². The molecule has 48 heavy (non-hydrogen) atoms. The molecule has 250 valence electrons. The van der Waals surface area contributed by atoms with Gasteiger partial charge in [0.15, 0.2) is 11.6 Å². The number of carbonyl (C=O) groups excluding carboxylic acids is 2. The summed E-state index contributed by atoms with van der Waals surface area (Å²) in [6.07, 6.45) is 1.93. The number of nitrogens with zero attached hydrogens (tertiary/aromatic N) is 4. The number of nitrogens with two attached hydrogens (primary N) is 1. The monoisotopic (exact) mass is 662 g/mol. The van der Waals surface area contributed by atoms with Gasteiger partial charge in [-0.3, -0.25) is 19.0 Å². The highest BCUT2D eigenvalue weighted by molar-refractivity contribution is 6.06. The lowest BCUT2D eigenvalue weighted by Crippen LogP contribution is -2.50. The van der Waals surface area contributed by atoms with Crippen molar-refractivity contribution in [3.8, 4) is 22.9 Å². The highest BCUT2D eigenvalue weighted by Gasteiger charge is 2.25. The van der Waals surface area contributed by atoms with E-state index >= 15 is 4.39 Å².